The highest BCUT2D eigenvalue weighted by atomic mass is 16.3. The second-order valence-electron chi connectivity index (χ2n) is 7.16. The minimum absolute atomic E-state index is 0.0743. The summed E-state index contributed by atoms with van der Waals surface area (Å²) in [5, 5.41) is 10.3. The molecule has 106 valence electrons. The minimum Gasteiger partial charge on any atom is -0.393 e. The van der Waals surface area contributed by atoms with E-state index in [9.17, 15) is 5.11 Å². The molecule has 0 aliphatic heterocycles. The maximum Gasteiger partial charge on any atom is 0.0585 e. The van der Waals surface area contributed by atoms with Crippen LogP contribution in [0.2, 0.25) is 0 Å². The molecule has 4 unspecified atom stereocenters. The predicted molar refractivity (Wildman–Crippen MR) is 76.5 cm³/mol. The van der Waals surface area contributed by atoms with Crippen LogP contribution < -0.4 is 0 Å². The van der Waals surface area contributed by atoms with Crippen LogP contribution in [0.15, 0.2) is 0 Å². The minimum atomic E-state index is -0.0743. The van der Waals surface area contributed by atoms with Crippen LogP contribution >= 0.6 is 0 Å². The molecular weight excluding hydrogens is 222 g/mol. The van der Waals surface area contributed by atoms with Crippen molar-refractivity contribution in [2.45, 2.75) is 58.5 Å². The first-order valence-electron chi connectivity index (χ1n) is 7.93. The fraction of sp³-hybridized carbons (Fsp3) is 1.00. The lowest BCUT2D eigenvalue weighted by Crippen LogP contribution is -2.42. The maximum atomic E-state index is 10.3. The molecule has 1 N–H and O–H groups in total. The van der Waals surface area contributed by atoms with Crippen LogP contribution in [0, 0.1) is 23.7 Å². The summed E-state index contributed by atoms with van der Waals surface area (Å²) in [5.41, 5.74) is 0. The number of nitrogens with zero attached hydrogens (tertiary/aromatic N) is 1. The zero-order valence-electron chi connectivity index (χ0n) is 12.4. The molecular formula is C16H31NO. The Morgan fingerprint density at radius 3 is 2.33 bits per heavy atom. The summed E-state index contributed by atoms with van der Waals surface area (Å²) in [6.45, 7) is 6.93. The van der Waals surface area contributed by atoms with Crippen LogP contribution in [0.25, 0.3) is 0 Å². The van der Waals surface area contributed by atoms with E-state index in [-0.39, 0.29) is 6.10 Å². The van der Waals surface area contributed by atoms with Crippen LogP contribution in [-0.2, 0) is 0 Å². The maximum absolute atomic E-state index is 10.3. The van der Waals surface area contributed by atoms with E-state index in [0.29, 0.717) is 17.8 Å². The summed E-state index contributed by atoms with van der Waals surface area (Å²) in [5.74, 6) is 2.79. The molecule has 4 atom stereocenters. The molecule has 2 saturated carbocycles. The SMILES string of the molecule is CC1CC(C)C(CN(C)CC2CCCC2)C(O)C1. The highest BCUT2D eigenvalue weighted by Crippen LogP contribution is 2.34. The molecule has 0 aromatic heterocycles. The molecule has 0 saturated heterocycles. The molecule has 2 heteroatoms. The first kappa shape index (κ1) is 14.3. The Labute approximate surface area is 113 Å². The van der Waals surface area contributed by atoms with Crippen molar-refractivity contribution in [1.29, 1.82) is 0 Å². The fourth-order valence-corrected chi connectivity index (χ4v) is 4.24. The quantitative estimate of drug-likeness (QED) is 0.832. The zero-order chi connectivity index (χ0) is 13.1. The van der Waals surface area contributed by atoms with E-state index in [1.165, 1.54) is 38.6 Å². The molecule has 2 aliphatic rings. The van der Waals surface area contributed by atoms with Crippen molar-refractivity contribution in [3.63, 3.8) is 0 Å². The molecule has 2 fully saturated rings. The van der Waals surface area contributed by atoms with Gasteiger partial charge in [-0.1, -0.05) is 26.7 Å². The van der Waals surface area contributed by atoms with Gasteiger partial charge in [-0.15, -0.1) is 0 Å². The van der Waals surface area contributed by atoms with Gasteiger partial charge in [0.2, 0.25) is 0 Å². The van der Waals surface area contributed by atoms with Gasteiger partial charge < -0.3 is 10.0 Å². The summed E-state index contributed by atoms with van der Waals surface area (Å²) in [7, 11) is 2.25. The van der Waals surface area contributed by atoms with Gasteiger partial charge in [0.25, 0.3) is 0 Å². The van der Waals surface area contributed by atoms with E-state index < -0.39 is 0 Å². The molecule has 2 nitrogen and oxygen atoms in total. The normalized spacial score (nSPS) is 38.5. The van der Waals surface area contributed by atoms with Gasteiger partial charge in [0, 0.05) is 19.0 Å². The average molecular weight is 253 g/mol. The lowest BCUT2D eigenvalue weighted by molar-refractivity contribution is -0.0000601. The van der Waals surface area contributed by atoms with Crippen molar-refractivity contribution in [2.24, 2.45) is 23.7 Å². The van der Waals surface area contributed by atoms with E-state index in [2.05, 4.69) is 25.8 Å². The standard InChI is InChI=1S/C16H31NO/c1-12-8-13(2)15(16(18)9-12)11-17(3)10-14-6-4-5-7-14/h12-16,18H,4-11H2,1-3H3. The summed E-state index contributed by atoms with van der Waals surface area (Å²) >= 11 is 0. The largest absolute Gasteiger partial charge is 0.393 e. The number of rotatable bonds is 4. The third-order valence-corrected chi connectivity index (χ3v) is 5.21. The van der Waals surface area contributed by atoms with Crippen molar-refractivity contribution in [2.75, 3.05) is 20.1 Å². The second-order valence-corrected chi connectivity index (χ2v) is 7.16. The van der Waals surface area contributed by atoms with Gasteiger partial charge in [-0.05, 0) is 50.5 Å². The smallest absolute Gasteiger partial charge is 0.0585 e. The first-order chi connectivity index (χ1) is 8.56. The van der Waals surface area contributed by atoms with E-state index in [4.69, 9.17) is 0 Å². The van der Waals surface area contributed by atoms with Gasteiger partial charge in [-0.2, -0.15) is 0 Å². The molecule has 0 heterocycles. The summed E-state index contributed by atoms with van der Waals surface area (Å²) in [6, 6.07) is 0. The fourth-order valence-electron chi connectivity index (χ4n) is 4.24. The lowest BCUT2D eigenvalue weighted by Gasteiger charge is -2.39. The molecule has 0 aromatic carbocycles. The Balaban J connectivity index is 1.79. The summed E-state index contributed by atoms with van der Waals surface area (Å²) in [4.78, 5) is 2.48. The number of aliphatic hydroxyl groups is 1. The van der Waals surface area contributed by atoms with Gasteiger partial charge in [-0.25, -0.2) is 0 Å². The lowest BCUT2D eigenvalue weighted by atomic mass is 9.73. The van der Waals surface area contributed by atoms with Gasteiger partial charge in [0.1, 0.15) is 0 Å². The topological polar surface area (TPSA) is 23.5 Å². The first-order valence-corrected chi connectivity index (χ1v) is 7.93. The Hall–Kier alpha value is -0.0800. The average Bonchev–Trinajstić information content (AvgIpc) is 2.76. The molecule has 18 heavy (non-hydrogen) atoms. The highest BCUT2D eigenvalue weighted by molar-refractivity contribution is 4.85. The van der Waals surface area contributed by atoms with Crippen molar-refractivity contribution >= 4 is 0 Å². The van der Waals surface area contributed by atoms with E-state index in [1.54, 1.807) is 0 Å². The third kappa shape index (κ3) is 3.71. The summed E-state index contributed by atoms with van der Waals surface area (Å²) in [6.07, 6.45) is 7.92. The van der Waals surface area contributed by atoms with Gasteiger partial charge in [0.05, 0.1) is 6.10 Å². The van der Waals surface area contributed by atoms with E-state index >= 15 is 0 Å². The number of aliphatic hydroxyl groups excluding tert-OH is 1. The highest BCUT2D eigenvalue weighted by Gasteiger charge is 2.33. The van der Waals surface area contributed by atoms with Gasteiger partial charge in [0.15, 0.2) is 0 Å². The van der Waals surface area contributed by atoms with Gasteiger partial charge in [-0.3, -0.25) is 0 Å². The van der Waals surface area contributed by atoms with Crippen LogP contribution in [0.5, 0.6) is 0 Å². The van der Waals surface area contributed by atoms with Crippen molar-refractivity contribution in [3.8, 4) is 0 Å². The monoisotopic (exact) mass is 253 g/mol. The molecule has 0 bridgehead atoms. The Morgan fingerprint density at radius 1 is 1.06 bits per heavy atom. The molecule has 2 aliphatic carbocycles. The molecule has 0 radical (unpaired) electrons. The Kier molecular flexibility index (Phi) is 5.08. The van der Waals surface area contributed by atoms with Crippen molar-refractivity contribution in [1.82, 2.24) is 4.90 Å². The van der Waals surface area contributed by atoms with Crippen LogP contribution in [0.4, 0.5) is 0 Å². The Morgan fingerprint density at radius 2 is 1.72 bits per heavy atom. The molecule has 0 spiro atoms. The Bertz CT molecular complexity index is 237. The predicted octanol–water partition coefficient (Wildman–Crippen LogP) is 3.15. The van der Waals surface area contributed by atoms with Crippen LogP contribution in [-0.4, -0.2) is 36.2 Å². The molecule has 2 rings (SSSR count). The van der Waals surface area contributed by atoms with Crippen LogP contribution in [0.3, 0.4) is 0 Å². The van der Waals surface area contributed by atoms with Crippen molar-refractivity contribution in [3.05, 3.63) is 0 Å². The van der Waals surface area contributed by atoms with E-state index in [0.717, 1.165) is 18.9 Å². The van der Waals surface area contributed by atoms with Crippen LogP contribution in [0.1, 0.15) is 52.4 Å². The van der Waals surface area contributed by atoms with Crippen molar-refractivity contribution < 1.29 is 5.11 Å². The second kappa shape index (κ2) is 6.38. The summed E-state index contributed by atoms with van der Waals surface area (Å²) < 4.78 is 0. The van der Waals surface area contributed by atoms with Gasteiger partial charge >= 0.3 is 0 Å². The number of hydrogen-bond donors (Lipinski definition) is 1. The third-order valence-electron chi connectivity index (χ3n) is 5.21. The van der Waals surface area contributed by atoms with E-state index in [1.807, 2.05) is 0 Å². The molecule has 0 amide bonds. The zero-order valence-corrected chi connectivity index (χ0v) is 12.4. The molecule has 0 aromatic rings. The number of hydrogen-bond acceptors (Lipinski definition) is 2.